The maximum absolute atomic E-state index is 13.2. The molecule has 0 aliphatic rings. The molecule has 0 spiro atoms. The SMILES string of the molecule is COc1ccccc1NC(=O)c1ccccc1NC(=O)c1ccccc1-c1ccccc1. The van der Waals surface area contributed by atoms with Crippen LogP contribution in [0.1, 0.15) is 20.7 Å². The minimum atomic E-state index is -0.346. The zero-order chi connectivity index (χ0) is 22.3. The van der Waals surface area contributed by atoms with E-state index in [1.54, 1.807) is 49.6 Å². The van der Waals surface area contributed by atoms with Gasteiger partial charge in [0.2, 0.25) is 0 Å². The van der Waals surface area contributed by atoms with E-state index in [0.29, 0.717) is 28.3 Å². The predicted molar refractivity (Wildman–Crippen MR) is 127 cm³/mol. The van der Waals surface area contributed by atoms with Crippen molar-refractivity contribution in [3.8, 4) is 16.9 Å². The molecule has 0 unspecified atom stereocenters. The standard InChI is InChI=1S/C27H22N2O3/c1-32-25-18-10-9-17-24(25)29-27(31)22-15-7-8-16-23(22)28-26(30)21-14-6-5-13-20(21)19-11-3-2-4-12-19/h2-18H,1H3,(H,28,30)(H,29,31). The number of hydrogen-bond donors (Lipinski definition) is 2. The maximum atomic E-state index is 13.2. The largest absolute Gasteiger partial charge is 0.495 e. The molecule has 0 fully saturated rings. The Morgan fingerprint density at radius 3 is 1.88 bits per heavy atom. The molecule has 158 valence electrons. The van der Waals surface area contributed by atoms with Crippen molar-refractivity contribution in [2.45, 2.75) is 0 Å². The summed E-state index contributed by atoms with van der Waals surface area (Å²) in [7, 11) is 1.54. The van der Waals surface area contributed by atoms with E-state index in [0.717, 1.165) is 11.1 Å². The van der Waals surface area contributed by atoms with Crippen LogP contribution in [-0.4, -0.2) is 18.9 Å². The van der Waals surface area contributed by atoms with Gasteiger partial charge < -0.3 is 15.4 Å². The number of para-hydroxylation sites is 3. The van der Waals surface area contributed by atoms with Gasteiger partial charge in [-0.2, -0.15) is 0 Å². The Hall–Kier alpha value is -4.38. The first kappa shape index (κ1) is 20.9. The highest BCUT2D eigenvalue weighted by Gasteiger charge is 2.17. The fourth-order valence-corrected chi connectivity index (χ4v) is 3.47. The van der Waals surface area contributed by atoms with Gasteiger partial charge in [-0.05, 0) is 41.5 Å². The van der Waals surface area contributed by atoms with E-state index in [9.17, 15) is 9.59 Å². The van der Waals surface area contributed by atoms with E-state index in [-0.39, 0.29) is 11.8 Å². The summed E-state index contributed by atoms with van der Waals surface area (Å²) in [5, 5.41) is 5.75. The number of amides is 2. The van der Waals surface area contributed by atoms with Crippen LogP contribution in [0.3, 0.4) is 0 Å². The third-order valence-corrected chi connectivity index (χ3v) is 5.03. The Bertz CT molecular complexity index is 1250. The topological polar surface area (TPSA) is 67.4 Å². The molecule has 4 aromatic rings. The van der Waals surface area contributed by atoms with Crippen LogP contribution in [0.5, 0.6) is 5.75 Å². The van der Waals surface area contributed by atoms with Crippen molar-refractivity contribution in [3.05, 3.63) is 114 Å². The Morgan fingerprint density at radius 2 is 1.12 bits per heavy atom. The first-order valence-corrected chi connectivity index (χ1v) is 10.2. The van der Waals surface area contributed by atoms with Crippen LogP contribution in [0, 0.1) is 0 Å². The molecule has 2 N–H and O–H groups in total. The molecule has 0 atom stereocenters. The number of carbonyl (C=O) groups excluding carboxylic acids is 2. The molecule has 5 heteroatoms. The van der Waals surface area contributed by atoms with Crippen LogP contribution in [-0.2, 0) is 0 Å². The molecular weight excluding hydrogens is 400 g/mol. The van der Waals surface area contributed by atoms with E-state index in [1.807, 2.05) is 60.7 Å². The van der Waals surface area contributed by atoms with E-state index in [4.69, 9.17) is 4.74 Å². The van der Waals surface area contributed by atoms with E-state index in [1.165, 1.54) is 0 Å². The number of anilines is 2. The zero-order valence-electron chi connectivity index (χ0n) is 17.5. The Labute approximate surface area is 186 Å². The van der Waals surface area contributed by atoms with Gasteiger partial charge in [-0.15, -0.1) is 0 Å². The average molecular weight is 422 g/mol. The van der Waals surface area contributed by atoms with Crippen molar-refractivity contribution in [1.82, 2.24) is 0 Å². The van der Waals surface area contributed by atoms with Gasteiger partial charge in [0.15, 0.2) is 0 Å². The molecule has 0 saturated carbocycles. The number of ether oxygens (including phenoxy) is 1. The van der Waals surface area contributed by atoms with Crippen molar-refractivity contribution in [3.63, 3.8) is 0 Å². The molecule has 2 amide bonds. The van der Waals surface area contributed by atoms with Gasteiger partial charge in [0.05, 0.1) is 24.0 Å². The number of benzene rings is 4. The van der Waals surface area contributed by atoms with Gasteiger partial charge in [-0.1, -0.05) is 72.8 Å². The summed E-state index contributed by atoms with van der Waals surface area (Å²) >= 11 is 0. The Morgan fingerprint density at radius 1 is 0.594 bits per heavy atom. The van der Waals surface area contributed by atoms with E-state index >= 15 is 0 Å². The zero-order valence-corrected chi connectivity index (χ0v) is 17.5. The lowest BCUT2D eigenvalue weighted by atomic mass is 9.99. The molecule has 0 radical (unpaired) electrons. The summed E-state index contributed by atoms with van der Waals surface area (Å²) in [6, 6.07) is 31.2. The molecule has 32 heavy (non-hydrogen) atoms. The molecule has 5 nitrogen and oxygen atoms in total. The third-order valence-electron chi connectivity index (χ3n) is 5.03. The van der Waals surface area contributed by atoms with Gasteiger partial charge in [-0.25, -0.2) is 0 Å². The number of carbonyl (C=O) groups is 2. The molecule has 4 aromatic carbocycles. The summed E-state index contributed by atoms with van der Waals surface area (Å²) in [6.07, 6.45) is 0. The highest BCUT2D eigenvalue weighted by molar-refractivity contribution is 6.14. The minimum Gasteiger partial charge on any atom is -0.495 e. The quantitative estimate of drug-likeness (QED) is 0.409. The molecule has 0 aromatic heterocycles. The molecule has 0 aliphatic carbocycles. The summed E-state index contributed by atoms with van der Waals surface area (Å²) in [6.45, 7) is 0. The Balaban J connectivity index is 1.61. The summed E-state index contributed by atoms with van der Waals surface area (Å²) in [5.74, 6) is -0.0807. The molecule has 4 rings (SSSR count). The predicted octanol–water partition coefficient (Wildman–Crippen LogP) is 5.87. The molecule has 0 saturated heterocycles. The van der Waals surface area contributed by atoms with Crippen LogP contribution in [0.4, 0.5) is 11.4 Å². The molecule has 0 aliphatic heterocycles. The van der Waals surface area contributed by atoms with E-state index in [2.05, 4.69) is 10.6 Å². The lowest BCUT2D eigenvalue weighted by Crippen LogP contribution is -2.19. The van der Waals surface area contributed by atoms with Gasteiger partial charge in [0.25, 0.3) is 11.8 Å². The first-order chi connectivity index (χ1) is 15.7. The van der Waals surface area contributed by atoms with Gasteiger partial charge in [-0.3, -0.25) is 9.59 Å². The van der Waals surface area contributed by atoms with Gasteiger partial charge in [0.1, 0.15) is 5.75 Å². The maximum Gasteiger partial charge on any atom is 0.257 e. The number of nitrogens with one attached hydrogen (secondary N) is 2. The number of rotatable bonds is 6. The lowest BCUT2D eigenvalue weighted by molar-refractivity contribution is 0.102. The average Bonchev–Trinajstić information content (AvgIpc) is 2.85. The van der Waals surface area contributed by atoms with Crippen LogP contribution in [0.15, 0.2) is 103 Å². The van der Waals surface area contributed by atoms with Crippen molar-refractivity contribution >= 4 is 23.2 Å². The van der Waals surface area contributed by atoms with Crippen LogP contribution in [0.25, 0.3) is 11.1 Å². The van der Waals surface area contributed by atoms with Crippen LogP contribution >= 0.6 is 0 Å². The smallest absolute Gasteiger partial charge is 0.257 e. The molecular formula is C27H22N2O3. The Kier molecular flexibility index (Phi) is 6.28. The second-order valence-corrected chi connectivity index (χ2v) is 7.07. The van der Waals surface area contributed by atoms with Crippen molar-refractivity contribution in [1.29, 1.82) is 0 Å². The normalized spacial score (nSPS) is 10.3. The number of methoxy groups -OCH3 is 1. The minimum absolute atomic E-state index is 0.290. The van der Waals surface area contributed by atoms with E-state index < -0.39 is 0 Å². The van der Waals surface area contributed by atoms with Crippen molar-refractivity contribution in [2.75, 3.05) is 17.7 Å². The second kappa shape index (κ2) is 9.62. The van der Waals surface area contributed by atoms with Crippen LogP contribution < -0.4 is 15.4 Å². The highest BCUT2D eigenvalue weighted by Crippen LogP contribution is 2.27. The number of hydrogen-bond acceptors (Lipinski definition) is 3. The van der Waals surface area contributed by atoms with Crippen molar-refractivity contribution < 1.29 is 14.3 Å². The monoisotopic (exact) mass is 422 g/mol. The van der Waals surface area contributed by atoms with Gasteiger partial charge in [0, 0.05) is 5.56 Å². The third kappa shape index (κ3) is 4.52. The molecule has 0 bridgehead atoms. The first-order valence-electron chi connectivity index (χ1n) is 10.2. The lowest BCUT2D eigenvalue weighted by Gasteiger charge is -2.14. The summed E-state index contributed by atoms with van der Waals surface area (Å²) in [4.78, 5) is 26.2. The van der Waals surface area contributed by atoms with Gasteiger partial charge >= 0.3 is 0 Å². The van der Waals surface area contributed by atoms with Crippen molar-refractivity contribution in [2.24, 2.45) is 0 Å². The summed E-state index contributed by atoms with van der Waals surface area (Å²) in [5.41, 5.74) is 3.62. The second-order valence-electron chi connectivity index (χ2n) is 7.07. The molecule has 0 heterocycles. The van der Waals surface area contributed by atoms with Crippen LogP contribution in [0.2, 0.25) is 0 Å². The summed E-state index contributed by atoms with van der Waals surface area (Å²) < 4.78 is 5.31. The fraction of sp³-hybridized carbons (Fsp3) is 0.0370. The highest BCUT2D eigenvalue weighted by atomic mass is 16.5. The fourth-order valence-electron chi connectivity index (χ4n) is 3.47.